The molecule has 1 aliphatic heterocycles. The van der Waals surface area contributed by atoms with Crippen LogP contribution in [0.1, 0.15) is 15.9 Å². The van der Waals surface area contributed by atoms with Crippen LogP contribution < -0.4 is 19.5 Å². The lowest BCUT2D eigenvalue weighted by atomic mass is 10.1. The van der Waals surface area contributed by atoms with Crippen LogP contribution in [0.3, 0.4) is 0 Å². The van der Waals surface area contributed by atoms with E-state index in [1.54, 1.807) is 18.2 Å². The lowest BCUT2D eigenvalue weighted by molar-refractivity contribution is -0.123. The third-order valence-electron chi connectivity index (χ3n) is 4.05. The molecule has 3 rings (SSSR count). The van der Waals surface area contributed by atoms with Gasteiger partial charge in [0.2, 0.25) is 0 Å². The third kappa shape index (κ3) is 5.16. The lowest BCUT2D eigenvalue weighted by Crippen LogP contribution is -2.30. The van der Waals surface area contributed by atoms with E-state index < -0.39 is 5.97 Å². The van der Waals surface area contributed by atoms with Crippen LogP contribution in [-0.2, 0) is 16.0 Å². The smallest absolute Gasteiger partial charge is 0.337 e. The van der Waals surface area contributed by atoms with Crippen molar-refractivity contribution < 1.29 is 28.5 Å². The van der Waals surface area contributed by atoms with Crippen LogP contribution >= 0.6 is 15.9 Å². The second-order valence-corrected chi connectivity index (χ2v) is 6.86. The van der Waals surface area contributed by atoms with Crippen LogP contribution in [0.25, 0.3) is 0 Å². The van der Waals surface area contributed by atoms with E-state index in [2.05, 4.69) is 26.0 Å². The predicted molar refractivity (Wildman–Crippen MR) is 105 cm³/mol. The van der Waals surface area contributed by atoms with Crippen molar-refractivity contribution in [2.24, 2.45) is 0 Å². The Bertz CT molecular complexity index is 870. The number of esters is 1. The summed E-state index contributed by atoms with van der Waals surface area (Å²) in [6.07, 6.45) is 0.667. The van der Waals surface area contributed by atoms with Crippen LogP contribution in [-0.4, -0.2) is 45.4 Å². The number of halogens is 1. The molecule has 0 fully saturated rings. The molecular weight excluding hydrogens is 430 g/mol. The Morgan fingerprint density at radius 3 is 2.64 bits per heavy atom. The molecule has 2 aromatic carbocycles. The molecule has 1 heterocycles. The highest BCUT2D eigenvalue weighted by atomic mass is 79.9. The Labute approximate surface area is 171 Å². The van der Waals surface area contributed by atoms with Crippen molar-refractivity contribution >= 4 is 27.8 Å². The van der Waals surface area contributed by atoms with Gasteiger partial charge in [-0.3, -0.25) is 4.79 Å². The van der Waals surface area contributed by atoms with E-state index in [9.17, 15) is 9.59 Å². The maximum absolute atomic E-state index is 12.0. The van der Waals surface area contributed by atoms with E-state index in [1.165, 1.54) is 7.11 Å². The van der Waals surface area contributed by atoms with E-state index in [0.717, 1.165) is 17.1 Å². The van der Waals surface area contributed by atoms with Gasteiger partial charge in [0.25, 0.3) is 5.91 Å². The molecule has 0 unspecified atom stereocenters. The molecule has 2 aromatic rings. The summed E-state index contributed by atoms with van der Waals surface area (Å²) < 4.78 is 21.8. The largest absolute Gasteiger partial charge is 0.486 e. The summed E-state index contributed by atoms with van der Waals surface area (Å²) in [7, 11) is 1.32. The minimum absolute atomic E-state index is 0.128. The van der Waals surface area contributed by atoms with Crippen LogP contribution in [0.4, 0.5) is 0 Å². The van der Waals surface area contributed by atoms with Crippen molar-refractivity contribution in [3.05, 3.63) is 52.0 Å². The van der Waals surface area contributed by atoms with Crippen molar-refractivity contribution in [1.82, 2.24) is 5.32 Å². The molecule has 1 N–H and O–H groups in total. The van der Waals surface area contributed by atoms with Gasteiger partial charge in [-0.1, -0.05) is 6.07 Å². The van der Waals surface area contributed by atoms with Gasteiger partial charge in [-0.2, -0.15) is 0 Å². The molecule has 28 heavy (non-hydrogen) atoms. The molecule has 7 nitrogen and oxygen atoms in total. The number of ether oxygens (including phenoxy) is 4. The fraction of sp³-hybridized carbons (Fsp3) is 0.300. The summed E-state index contributed by atoms with van der Waals surface area (Å²) in [5.74, 6) is 1.27. The first-order valence-electron chi connectivity index (χ1n) is 8.72. The van der Waals surface area contributed by atoms with Gasteiger partial charge >= 0.3 is 5.97 Å². The van der Waals surface area contributed by atoms with Gasteiger partial charge in [0.1, 0.15) is 19.0 Å². The molecule has 0 radical (unpaired) electrons. The molecular formula is C20H20BrNO6. The van der Waals surface area contributed by atoms with E-state index >= 15 is 0 Å². The van der Waals surface area contributed by atoms with Crippen molar-refractivity contribution in [2.45, 2.75) is 6.42 Å². The zero-order chi connectivity index (χ0) is 19.9. The van der Waals surface area contributed by atoms with Gasteiger partial charge in [-0.25, -0.2) is 4.79 Å². The summed E-state index contributed by atoms with van der Waals surface area (Å²) in [5.41, 5.74) is 1.44. The fourth-order valence-corrected chi connectivity index (χ4v) is 3.14. The second-order valence-electron chi connectivity index (χ2n) is 6.00. The number of carbonyl (C=O) groups is 2. The topological polar surface area (TPSA) is 83.1 Å². The first-order chi connectivity index (χ1) is 13.6. The minimum atomic E-state index is -0.441. The summed E-state index contributed by atoms with van der Waals surface area (Å²) in [5, 5.41) is 2.81. The number of methoxy groups -OCH3 is 1. The number of hydrogen-bond donors (Lipinski definition) is 1. The van der Waals surface area contributed by atoms with E-state index in [1.807, 2.05) is 18.2 Å². The van der Waals surface area contributed by atoms with E-state index in [0.29, 0.717) is 42.0 Å². The number of benzene rings is 2. The molecule has 0 aliphatic carbocycles. The first kappa shape index (κ1) is 20.0. The zero-order valence-electron chi connectivity index (χ0n) is 15.3. The molecule has 0 bridgehead atoms. The van der Waals surface area contributed by atoms with Gasteiger partial charge in [-0.15, -0.1) is 0 Å². The molecule has 0 atom stereocenters. The van der Waals surface area contributed by atoms with E-state index in [-0.39, 0.29) is 12.5 Å². The number of nitrogens with one attached hydrogen (secondary N) is 1. The van der Waals surface area contributed by atoms with Gasteiger partial charge < -0.3 is 24.3 Å². The maximum atomic E-state index is 12.0. The molecule has 0 spiro atoms. The van der Waals surface area contributed by atoms with Gasteiger partial charge in [-0.05, 0) is 58.2 Å². The molecule has 0 saturated heterocycles. The number of hydrogen-bond acceptors (Lipinski definition) is 6. The number of carbonyl (C=O) groups excluding carboxylic acids is 2. The summed E-state index contributed by atoms with van der Waals surface area (Å²) >= 11 is 3.32. The highest BCUT2D eigenvalue weighted by molar-refractivity contribution is 9.10. The van der Waals surface area contributed by atoms with Crippen molar-refractivity contribution in [3.8, 4) is 17.2 Å². The van der Waals surface area contributed by atoms with Gasteiger partial charge in [0.05, 0.1) is 17.1 Å². The fourth-order valence-electron chi connectivity index (χ4n) is 2.65. The Morgan fingerprint density at radius 2 is 1.89 bits per heavy atom. The van der Waals surface area contributed by atoms with Crippen LogP contribution in [0.5, 0.6) is 17.2 Å². The van der Waals surface area contributed by atoms with Crippen LogP contribution in [0.15, 0.2) is 40.9 Å². The Morgan fingerprint density at radius 1 is 1.11 bits per heavy atom. The summed E-state index contributed by atoms with van der Waals surface area (Å²) in [4.78, 5) is 23.5. The monoisotopic (exact) mass is 449 g/mol. The molecule has 1 amide bonds. The quantitative estimate of drug-likeness (QED) is 0.654. The number of fused-ring (bicyclic) bond motifs is 1. The highest BCUT2D eigenvalue weighted by Crippen LogP contribution is 2.30. The maximum Gasteiger partial charge on any atom is 0.337 e. The van der Waals surface area contributed by atoms with Crippen molar-refractivity contribution in [1.29, 1.82) is 0 Å². The molecule has 0 aromatic heterocycles. The molecule has 8 heteroatoms. The number of amides is 1. The zero-order valence-corrected chi connectivity index (χ0v) is 16.9. The molecule has 0 saturated carbocycles. The van der Waals surface area contributed by atoms with Crippen molar-refractivity contribution in [3.63, 3.8) is 0 Å². The Balaban J connectivity index is 1.44. The molecule has 1 aliphatic rings. The molecule has 148 valence electrons. The highest BCUT2D eigenvalue weighted by Gasteiger charge is 2.13. The summed E-state index contributed by atoms with van der Waals surface area (Å²) in [6.45, 7) is 1.45. The first-order valence-corrected chi connectivity index (χ1v) is 9.52. The average Bonchev–Trinajstić information content (AvgIpc) is 2.72. The Hall–Kier alpha value is -2.74. The minimum Gasteiger partial charge on any atom is -0.486 e. The SMILES string of the molecule is COC(=O)c1ccc(OCC(=O)NCCc2ccc3c(c2)OCCO3)c(Br)c1. The van der Waals surface area contributed by atoms with Gasteiger partial charge in [0.15, 0.2) is 18.1 Å². The van der Waals surface area contributed by atoms with Gasteiger partial charge in [0, 0.05) is 6.54 Å². The summed E-state index contributed by atoms with van der Waals surface area (Å²) in [6, 6.07) is 10.5. The van der Waals surface area contributed by atoms with E-state index in [4.69, 9.17) is 14.2 Å². The number of rotatable bonds is 7. The Kier molecular flexibility index (Phi) is 6.76. The normalized spacial score (nSPS) is 12.2. The predicted octanol–water partition coefficient (Wildman–Crippen LogP) is 2.74. The average molecular weight is 450 g/mol. The lowest BCUT2D eigenvalue weighted by Gasteiger charge is -2.18. The second kappa shape index (κ2) is 9.45. The third-order valence-corrected chi connectivity index (χ3v) is 4.67. The van der Waals surface area contributed by atoms with Crippen LogP contribution in [0.2, 0.25) is 0 Å². The standard InChI is InChI=1S/C20H20BrNO6/c1-25-20(24)14-3-5-16(15(21)11-14)28-12-19(23)22-7-6-13-2-4-17-18(10-13)27-9-8-26-17/h2-5,10-11H,6-9,12H2,1H3,(H,22,23). The van der Waals surface area contributed by atoms with Crippen LogP contribution in [0, 0.1) is 0 Å². The van der Waals surface area contributed by atoms with Crippen molar-refractivity contribution in [2.75, 3.05) is 33.5 Å².